The van der Waals surface area contributed by atoms with Crippen LogP contribution in [0.1, 0.15) is 6.42 Å². The SMILES string of the molecule is CN(CCC(=O)Nc1ccc(Br)cc1F)CC(=O)Nc1cccc(F)c1. The first-order valence-electron chi connectivity index (χ1n) is 7.82. The molecule has 8 heteroatoms. The Kier molecular flexibility index (Phi) is 7.23. The van der Waals surface area contributed by atoms with Crippen LogP contribution in [0, 0.1) is 11.6 Å². The molecule has 2 amide bonds. The molecule has 2 aromatic carbocycles. The van der Waals surface area contributed by atoms with Crippen molar-refractivity contribution in [1.82, 2.24) is 4.90 Å². The monoisotopic (exact) mass is 425 g/mol. The molecular formula is C18H18BrF2N3O2. The van der Waals surface area contributed by atoms with Gasteiger partial charge in [0, 0.05) is 23.1 Å². The molecule has 0 aliphatic heterocycles. The molecule has 0 saturated carbocycles. The molecule has 0 aliphatic carbocycles. The first kappa shape index (κ1) is 20.0. The molecule has 0 unspecified atom stereocenters. The van der Waals surface area contributed by atoms with E-state index in [1.165, 1.54) is 30.3 Å². The summed E-state index contributed by atoms with van der Waals surface area (Å²) in [6.07, 6.45) is 0.0965. The maximum atomic E-state index is 13.7. The van der Waals surface area contributed by atoms with E-state index in [0.29, 0.717) is 16.7 Å². The Hall–Kier alpha value is -2.32. The molecule has 2 N–H and O–H groups in total. The van der Waals surface area contributed by atoms with E-state index in [0.717, 1.165) is 0 Å². The number of rotatable bonds is 7. The summed E-state index contributed by atoms with van der Waals surface area (Å²) in [5, 5.41) is 5.07. The van der Waals surface area contributed by atoms with Crippen LogP contribution in [0.2, 0.25) is 0 Å². The zero-order valence-electron chi connectivity index (χ0n) is 14.1. The number of halogens is 3. The second-order valence-corrected chi connectivity index (χ2v) is 6.63. The van der Waals surface area contributed by atoms with Crippen molar-refractivity contribution in [1.29, 1.82) is 0 Å². The van der Waals surface area contributed by atoms with Gasteiger partial charge >= 0.3 is 0 Å². The van der Waals surface area contributed by atoms with Crippen molar-refractivity contribution in [2.45, 2.75) is 6.42 Å². The zero-order chi connectivity index (χ0) is 19.1. The molecule has 0 aromatic heterocycles. The lowest BCUT2D eigenvalue weighted by atomic mass is 10.3. The molecule has 0 spiro atoms. The summed E-state index contributed by atoms with van der Waals surface area (Å²) in [7, 11) is 1.68. The molecule has 5 nitrogen and oxygen atoms in total. The Morgan fingerprint density at radius 1 is 1.08 bits per heavy atom. The summed E-state index contributed by atoms with van der Waals surface area (Å²) in [6, 6.07) is 9.95. The highest BCUT2D eigenvalue weighted by atomic mass is 79.9. The number of nitrogens with one attached hydrogen (secondary N) is 2. The molecule has 0 aliphatic rings. The van der Waals surface area contributed by atoms with Gasteiger partial charge in [-0.1, -0.05) is 22.0 Å². The van der Waals surface area contributed by atoms with Crippen LogP contribution in [0.3, 0.4) is 0 Å². The molecule has 0 bridgehead atoms. The lowest BCUT2D eigenvalue weighted by Crippen LogP contribution is -2.32. The summed E-state index contributed by atoms with van der Waals surface area (Å²) in [6.45, 7) is 0.344. The van der Waals surface area contributed by atoms with E-state index in [-0.39, 0.29) is 30.5 Å². The third-order valence-corrected chi connectivity index (χ3v) is 3.94. The fraction of sp³-hybridized carbons (Fsp3) is 0.222. The average Bonchev–Trinajstić information content (AvgIpc) is 2.55. The van der Waals surface area contributed by atoms with Gasteiger partial charge in [-0.15, -0.1) is 0 Å². The van der Waals surface area contributed by atoms with E-state index in [4.69, 9.17) is 0 Å². The van der Waals surface area contributed by atoms with E-state index in [1.54, 1.807) is 24.1 Å². The van der Waals surface area contributed by atoms with Gasteiger partial charge in [0.2, 0.25) is 11.8 Å². The molecule has 138 valence electrons. The van der Waals surface area contributed by atoms with Gasteiger partial charge in [-0.25, -0.2) is 8.78 Å². The lowest BCUT2D eigenvalue weighted by Gasteiger charge is -2.16. The lowest BCUT2D eigenvalue weighted by molar-refractivity contribution is -0.119. The molecule has 0 radical (unpaired) electrons. The molecule has 0 heterocycles. The Morgan fingerprint density at radius 3 is 2.54 bits per heavy atom. The molecule has 26 heavy (non-hydrogen) atoms. The van der Waals surface area contributed by atoms with Crippen LogP contribution in [0.4, 0.5) is 20.2 Å². The van der Waals surface area contributed by atoms with E-state index in [1.807, 2.05) is 0 Å². The van der Waals surface area contributed by atoms with Crippen molar-refractivity contribution in [3.05, 3.63) is 58.6 Å². The number of hydrogen-bond donors (Lipinski definition) is 2. The van der Waals surface area contributed by atoms with Gasteiger partial charge in [0.05, 0.1) is 12.2 Å². The van der Waals surface area contributed by atoms with E-state index in [2.05, 4.69) is 26.6 Å². The molecule has 0 atom stereocenters. The minimum absolute atomic E-state index is 0.0381. The first-order valence-corrected chi connectivity index (χ1v) is 8.61. The molecule has 2 rings (SSSR count). The largest absolute Gasteiger partial charge is 0.325 e. The minimum Gasteiger partial charge on any atom is -0.325 e. The fourth-order valence-electron chi connectivity index (χ4n) is 2.19. The third-order valence-electron chi connectivity index (χ3n) is 3.45. The number of likely N-dealkylation sites (N-methyl/N-ethyl adjacent to an activating group) is 1. The second kappa shape index (κ2) is 9.40. The number of hydrogen-bond acceptors (Lipinski definition) is 3. The predicted octanol–water partition coefficient (Wildman–Crippen LogP) is 3.63. The highest BCUT2D eigenvalue weighted by Gasteiger charge is 2.11. The van der Waals surface area contributed by atoms with Crippen LogP contribution in [0.5, 0.6) is 0 Å². The van der Waals surface area contributed by atoms with Crippen molar-refractivity contribution >= 4 is 39.1 Å². The van der Waals surface area contributed by atoms with Gasteiger partial charge in [0.1, 0.15) is 11.6 Å². The summed E-state index contributed by atoms with van der Waals surface area (Å²) in [5.74, 6) is -1.65. The number of benzene rings is 2. The fourth-order valence-corrected chi connectivity index (χ4v) is 2.52. The Labute approximate surface area is 158 Å². The Balaban J connectivity index is 1.76. The van der Waals surface area contributed by atoms with E-state index < -0.39 is 11.6 Å². The maximum absolute atomic E-state index is 13.7. The van der Waals surface area contributed by atoms with Crippen LogP contribution in [-0.2, 0) is 9.59 Å². The van der Waals surface area contributed by atoms with Gasteiger partial charge in [0.15, 0.2) is 0 Å². The minimum atomic E-state index is -0.532. The summed E-state index contributed by atoms with van der Waals surface area (Å²) in [4.78, 5) is 25.5. The number of carbonyl (C=O) groups excluding carboxylic acids is 2. The van der Waals surface area contributed by atoms with Gasteiger partial charge in [-0.3, -0.25) is 14.5 Å². The molecule has 2 aromatic rings. The van der Waals surface area contributed by atoms with Crippen LogP contribution >= 0.6 is 15.9 Å². The predicted molar refractivity (Wildman–Crippen MR) is 99.9 cm³/mol. The summed E-state index contributed by atoms with van der Waals surface area (Å²) >= 11 is 3.14. The van der Waals surface area contributed by atoms with E-state index in [9.17, 15) is 18.4 Å². The maximum Gasteiger partial charge on any atom is 0.238 e. The van der Waals surface area contributed by atoms with Crippen LogP contribution in [0.15, 0.2) is 46.9 Å². The highest BCUT2D eigenvalue weighted by molar-refractivity contribution is 9.10. The highest BCUT2D eigenvalue weighted by Crippen LogP contribution is 2.19. The van der Waals surface area contributed by atoms with Crippen molar-refractivity contribution in [2.24, 2.45) is 0 Å². The van der Waals surface area contributed by atoms with Crippen LogP contribution in [0.25, 0.3) is 0 Å². The number of nitrogens with zero attached hydrogens (tertiary/aromatic N) is 1. The van der Waals surface area contributed by atoms with Crippen molar-refractivity contribution in [3.8, 4) is 0 Å². The topological polar surface area (TPSA) is 61.4 Å². The van der Waals surface area contributed by atoms with Crippen molar-refractivity contribution in [3.63, 3.8) is 0 Å². The van der Waals surface area contributed by atoms with Gasteiger partial charge in [0.25, 0.3) is 0 Å². The Morgan fingerprint density at radius 2 is 1.85 bits per heavy atom. The van der Waals surface area contributed by atoms with Crippen molar-refractivity contribution < 1.29 is 18.4 Å². The summed E-state index contributed by atoms with van der Waals surface area (Å²) in [5.41, 5.74) is 0.469. The average molecular weight is 426 g/mol. The van der Waals surface area contributed by atoms with Gasteiger partial charge < -0.3 is 10.6 Å². The number of amides is 2. The zero-order valence-corrected chi connectivity index (χ0v) is 15.6. The summed E-state index contributed by atoms with van der Waals surface area (Å²) < 4.78 is 27.3. The van der Waals surface area contributed by atoms with E-state index >= 15 is 0 Å². The third kappa shape index (κ3) is 6.53. The first-order chi connectivity index (χ1) is 12.3. The van der Waals surface area contributed by atoms with Crippen LogP contribution < -0.4 is 10.6 Å². The van der Waals surface area contributed by atoms with Crippen LogP contribution in [-0.4, -0.2) is 36.9 Å². The van der Waals surface area contributed by atoms with Gasteiger partial charge in [-0.05, 0) is 43.4 Å². The quantitative estimate of drug-likeness (QED) is 0.711. The normalized spacial score (nSPS) is 10.7. The Bertz CT molecular complexity index is 802. The second-order valence-electron chi connectivity index (χ2n) is 5.72. The number of carbonyl (C=O) groups is 2. The molecule has 0 saturated heterocycles. The van der Waals surface area contributed by atoms with Gasteiger partial charge in [-0.2, -0.15) is 0 Å². The molecule has 0 fully saturated rings. The standard InChI is InChI=1S/C18H18BrF2N3O2/c1-24(11-18(26)22-14-4-2-3-13(20)10-14)8-7-17(25)23-16-6-5-12(19)9-15(16)21/h2-6,9-10H,7-8,11H2,1H3,(H,22,26)(H,23,25). The molecular weight excluding hydrogens is 408 g/mol. The number of anilines is 2. The van der Waals surface area contributed by atoms with Crippen molar-refractivity contribution in [2.75, 3.05) is 30.8 Å². The smallest absolute Gasteiger partial charge is 0.238 e.